The van der Waals surface area contributed by atoms with Crippen LogP contribution in [-0.4, -0.2) is 42.6 Å². The molecule has 1 aliphatic heterocycles. The lowest BCUT2D eigenvalue weighted by molar-refractivity contribution is -0.128. The molecule has 1 heterocycles. The quantitative estimate of drug-likeness (QED) is 0.909. The summed E-state index contributed by atoms with van der Waals surface area (Å²) in [6.07, 6.45) is 1.49. The van der Waals surface area contributed by atoms with Crippen molar-refractivity contribution in [2.24, 2.45) is 0 Å². The predicted molar refractivity (Wildman–Crippen MR) is 84.8 cm³/mol. The molecule has 5 heteroatoms. The number of hydrogen-bond acceptors (Lipinski definition) is 3. The molecule has 0 radical (unpaired) electrons. The molecular weight excluding hydrogens is 288 g/mol. The molecule has 0 saturated carbocycles. The first kappa shape index (κ1) is 16.1. The molecule has 2 rings (SSSR count). The van der Waals surface area contributed by atoms with Crippen molar-refractivity contribution < 1.29 is 9.53 Å². The van der Waals surface area contributed by atoms with Crippen LogP contribution < -0.4 is 10.1 Å². The molecular formula is C16H23ClN2O2. The summed E-state index contributed by atoms with van der Waals surface area (Å²) in [6.45, 7) is 7.10. The Morgan fingerprint density at radius 2 is 2.19 bits per heavy atom. The molecule has 4 nitrogen and oxygen atoms in total. The standard InChI is InChI=1S/C16H23ClN2O2/c1-3-19-9-7-14(8-10-19)18-16(20)12(2)21-15-6-4-5-13(17)11-15/h4-6,11-12,14H,3,7-10H2,1-2H3,(H,18,20). The fraction of sp³-hybridized carbons (Fsp3) is 0.562. The molecule has 116 valence electrons. The molecule has 0 aromatic heterocycles. The number of carbonyl (C=O) groups excluding carboxylic acids is 1. The molecule has 0 aliphatic carbocycles. The molecule has 1 aromatic carbocycles. The molecule has 0 spiro atoms. The minimum absolute atomic E-state index is 0.0649. The van der Waals surface area contributed by atoms with Gasteiger partial charge in [0.05, 0.1) is 0 Å². The van der Waals surface area contributed by atoms with Gasteiger partial charge in [0.25, 0.3) is 5.91 Å². The van der Waals surface area contributed by atoms with E-state index >= 15 is 0 Å². The van der Waals surface area contributed by atoms with Crippen molar-refractivity contribution in [2.45, 2.75) is 38.8 Å². The molecule has 1 fully saturated rings. The second-order valence-electron chi connectivity index (χ2n) is 5.43. The fourth-order valence-corrected chi connectivity index (χ4v) is 2.69. The molecule has 1 atom stereocenters. The summed E-state index contributed by atoms with van der Waals surface area (Å²) in [5.74, 6) is 0.552. The molecule has 1 amide bonds. The lowest BCUT2D eigenvalue weighted by Crippen LogP contribution is -2.48. The number of nitrogens with one attached hydrogen (secondary N) is 1. The van der Waals surface area contributed by atoms with E-state index < -0.39 is 6.10 Å². The van der Waals surface area contributed by atoms with Gasteiger partial charge in [0, 0.05) is 24.2 Å². The van der Waals surface area contributed by atoms with Gasteiger partial charge in [0.1, 0.15) is 5.75 Å². The van der Waals surface area contributed by atoms with Gasteiger partial charge >= 0.3 is 0 Å². The van der Waals surface area contributed by atoms with Crippen LogP contribution in [0.25, 0.3) is 0 Å². The van der Waals surface area contributed by atoms with E-state index in [-0.39, 0.29) is 11.9 Å². The molecule has 1 unspecified atom stereocenters. The Morgan fingerprint density at radius 1 is 1.48 bits per heavy atom. The van der Waals surface area contributed by atoms with Gasteiger partial charge in [-0.3, -0.25) is 4.79 Å². The number of piperidine rings is 1. The van der Waals surface area contributed by atoms with E-state index in [9.17, 15) is 4.79 Å². The minimum Gasteiger partial charge on any atom is -0.481 e. The number of amides is 1. The number of ether oxygens (including phenoxy) is 1. The van der Waals surface area contributed by atoms with Crippen LogP contribution in [0.3, 0.4) is 0 Å². The van der Waals surface area contributed by atoms with Crippen molar-refractivity contribution >= 4 is 17.5 Å². The molecule has 1 saturated heterocycles. The SMILES string of the molecule is CCN1CCC(NC(=O)C(C)Oc2cccc(Cl)c2)CC1. The summed E-state index contributed by atoms with van der Waals surface area (Å²) in [7, 11) is 0. The highest BCUT2D eigenvalue weighted by Crippen LogP contribution is 2.18. The van der Waals surface area contributed by atoms with Crippen LogP contribution in [0.15, 0.2) is 24.3 Å². The number of hydrogen-bond donors (Lipinski definition) is 1. The zero-order chi connectivity index (χ0) is 15.2. The van der Waals surface area contributed by atoms with E-state index in [0.717, 1.165) is 32.5 Å². The van der Waals surface area contributed by atoms with Crippen molar-refractivity contribution in [2.75, 3.05) is 19.6 Å². The smallest absolute Gasteiger partial charge is 0.260 e. The summed E-state index contributed by atoms with van der Waals surface area (Å²) in [4.78, 5) is 14.6. The highest BCUT2D eigenvalue weighted by Gasteiger charge is 2.22. The first-order chi connectivity index (χ1) is 10.1. The second-order valence-corrected chi connectivity index (χ2v) is 5.87. The van der Waals surface area contributed by atoms with Crippen molar-refractivity contribution in [3.8, 4) is 5.75 Å². The van der Waals surface area contributed by atoms with E-state index in [1.165, 1.54) is 0 Å². The van der Waals surface area contributed by atoms with Crippen LogP contribution in [0.4, 0.5) is 0 Å². The van der Waals surface area contributed by atoms with Gasteiger partial charge in [-0.1, -0.05) is 24.6 Å². The fourth-order valence-electron chi connectivity index (χ4n) is 2.51. The highest BCUT2D eigenvalue weighted by molar-refractivity contribution is 6.30. The second kappa shape index (κ2) is 7.66. The van der Waals surface area contributed by atoms with Gasteiger partial charge in [-0.05, 0) is 44.5 Å². The molecule has 0 bridgehead atoms. The highest BCUT2D eigenvalue weighted by atomic mass is 35.5. The van der Waals surface area contributed by atoms with Gasteiger partial charge in [-0.2, -0.15) is 0 Å². The summed E-state index contributed by atoms with van der Waals surface area (Å²) in [5.41, 5.74) is 0. The van der Waals surface area contributed by atoms with Crippen LogP contribution in [0.2, 0.25) is 5.02 Å². The third-order valence-electron chi connectivity index (χ3n) is 3.86. The lowest BCUT2D eigenvalue weighted by atomic mass is 10.0. The first-order valence-corrected chi connectivity index (χ1v) is 7.91. The molecule has 1 aromatic rings. The average molecular weight is 311 g/mol. The topological polar surface area (TPSA) is 41.6 Å². The van der Waals surface area contributed by atoms with Gasteiger partial charge < -0.3 is 15.0 Å². The van der Waals surface area contributed by atoms with E-state index in [4.69, 9.17) is 16.3 Å². The van der Waals surface area contributed by atoms with Crippen LogP contribution in [0.1, 0.15) is 26.7 Å². The zero-order valence-corrected chi connectivity index (χ0v) is 13.4. The average Bonchev–Trinajstić information content (AvgIpc) is 2.48. The number of likely N-dealkylation sites (tertiary alicyclic amines) is 1. The van der Waals surface area contributed by atoms with Crippen LogP contribution in [0.5, 0.6) is 5.75 Å². The van der Waals surface area contributed by atoms with Crippen molar-refractivity contribution in [3.63, 3.8) is 0 Å². The summed E-state index contributed by atoms with van der Waals surface area (Å²) in [5, 5.41) is 3.68. The first-order valence-electron chi connectivity index (χ1n) is 7.53. The van der Waals surface area contributed by atoms with E-state index in [2.05, 4.69) is 17.1 Å². The Labute approximate surface area is 131 Å². The van der Waals surface area contributed by atoms with E-state index in [1.807, 2.05) is 6.07 Å². The van der Waals surface area contributed by atoms with Crippen LogP contribution >= 0.6 is 11.6 Å². The number of nitrogens with zero attached hydrogens (tertiary/aromatic N) is 1. The maximum absolute atomic E-state index is 12.2. The molecule has 1 N–H and O–H groups in total. The Bertz CT molecular complexity index is 473. The van der Waals surface area contributed by atoms with Gasteiger partial charge in [0.15, 0.2) is 6.10 Å². The largest absolute Gasteiger partial charge is 0.481 e. The van der Waals surface area contributed by atoms with Crippen molar-refractivity contribution in [1.29, 1.82) is 0 Å². The number of rotatable bonds is 5. The third kappa shape index (κ3) is 4.90. The third-order valence-corrected chi connectivity index (χ3v) is 4.09. The van der Waals surface area contributed by atoms with Crippen molar-refractivity contribution in [3.05, 3.63) is 29.3 Å². The Balaban J connectivity index is 1.80. The predicted octanol–water partition coefficient (Wildman–Crippen LogP) is 2.71. The van der Waals surface area contributed by atoms with Gasteiger partial charge in [0.2, 0.25) is 0 Å². The maximum atomic E-state index is 12.2. The Kier molecular flexibility index (Phi) is 5.88. The monoisotopic (exact) mass is 310 g/mol. The van der Waals surface area contributed by atoms with Gasteiger partial charge in [-0.15, -0.1) is 0 Å². The Morgan fingerprint density at radius 3 is 2.81 bits per heavy atom. The van der Waals surface area contributed by atoms with Gasteiger partial charge in [-0.25, -0.2) is 0 Å². The van der Waals surface area contributed by atoms with E-state index in [0.29, 0.717) is 10.8 Å². The van der Waals surface area contributed by atoms with Crippen molar-refractivity contribution in [1.82, 2.24) is 10.2 Å². The maximum Gasteiger partial charge on any atom is 0.260 e. The zero-order valence-electron chi connectivity index (χ0n) is 12.6. The summed E-state index contributed by atoms with van der Waals surface area (Å²) in [6, 6.07) is 7.36. The number of carbonyl (C=O) groups is 1. The molecule has 21 heavy (non-hydrogen) atoms. The number of benzene rings is 1. The number of halogens is 1. The lowest BCUT2D eigenvalue weighted by Gasteiger charge is -2.32. The molecule has 1 aliphatic rings. The minimum atomic E-state index is -0.521. The van der Waals surface area contributed by atoms with Crippen LogP contribution in [0, 0.1) is 0 Å². The normalized spacial score (nSPS) is 18.2. The van der Waals surface area contributed by atoms with Crippen LogP contribution in [-0.2, 0) is 4.79 Å². The summed E-state index contributed by atoms with van der Waals surface area (Å²) >= 11 is 5.91. The summed E-state index contributed by atoms with van der Waals surface area (Å²) < 4.78 is 5.63. The van der Waals surface area contributed by atoms with E-state index in [1.54, 1.807) is 25.1 Å². The Hall–Kier alpha value is -1.26.